The second-order valence-electron chi connectivity index (χ2n) is 4.14. The quantitative estimate of drug-likeness (QED) is 0.379. The number of hydrogen-bond acceptors (Lipinski definition) is 3. The Labute approximate surface area is 177 Å². The molecule has 22 heavy (non-hydrogen) atoms. The van der Waals surface area contributed by atoms with Crippen molar-refractivity contribution in [2.75, 3.05) is 0 Å². The third-order valence-corrected chi connectivity index (χ3v) is 8.13. The van der Waals surface area contributed by atoms with E-state index in [1.165, 1.54) is 12.1 Å². The van der Waals surface area contributed by atoms with Gasteiger partial charge >= 0.3 is 0 Å². The van der Waals surface area contributed by atoms with Crippen molar-refractivity contribution in [1.29, 1.82) is 0 Å². The van der Waals surface area contributed by atoms with Crippen LogP contribution in [-0.4, -0.2) is 14.3 Å². The Kier molecular flexibility index (Phi) is 6.53. The molecule has 0 aromatic heterocycles. The van der Waals surface area contributed by atoms with Gasteiger partial charge in [-0.2, -0.15) is 0 Å². The molecule has 0 spiro atoms. The number of halogens is 4. The number of carbonyl (C=O) groups excluding carboxylic acids is 1. The summed E-state index contributed by atoms with van der Waals surface area (Å²) in [5.41, 5.74) is 0.345. The lowest BCUT2D eigenvalue weighted by Gasteiger charge is -2.10. The van der Waals surface area contributed by atoms with E-state index in [0.717, 1.165) is 15.2 Å². The van der Waals surface area contributed by atoms with E-state index in [9.17, 15) is 13.2 Å². The molecule has 0 aliphatic rings. The molecule has 2 aromatic carbocycles. The Hall–Kier alpha value is 0.530. The van der Waals surface area contributed by atoms with E-state index < -0.39 is 15.9 Å². The summed E-state index contributed by atoms with van der Waals surface area (Å²) in [6.07, 6.45) is 0. The van der Waals surface area contributed by atoms with Crippen LogP contribution in [0.25, 0.3) is 0 Å². The summed E-state index contributed by atoms with van der Waals surface area (Å²) in [7, 11) is -3.90. The van der Waals surface area contributed by atoms with Crippen molar-refractivity contribution in [1.82, 2.24) is 4.72 Å². The summed E-state index contributed by atoms with van der Waals surface area (Å²) >= 11 is 9.48. The summed E-state index contributed by atoms with van der Waals surface area (Å²) in [5, 5.41) is 0. The van der Waals surface area contributed by atoms with Crippen LogP contribution in [0, 0.1) is 10.7 Å². The zero-order chi connectivity index (χ0) is 16.5. The first-order valence-electron chi connectivity index (χ1n) is 5.68. The molecule has 0 unspecified atom stereocenters. The van der Waals surface area contributed by atoms with Gasteiger partial charge in [0.05, 0.1) is 10.5 Å². The normalized spacial score (nSPS) is 11.3. The minimum atomic E-state index is -3.90. The molecule has 0 atom stereocenters. The van der Waals surface area contributed by atoms with Gasteiger partial charge in [0.25, 0.3) is 15.9 Å². The molecule has 116 valence electrons. The largest absolute Gasteiger partial charge is 0.268 e. The summed E-state index contributed by atoms with van der Waals surface area (Å²) in [4.78, 5) is 12.4. The van der Waals surface area contributed by atoms with Crippen molar-refractivity contribution in [3.8, 4) is 0 Å². The van der Waals surface area contributed by atoms with E-state index in [1.807, 2.05) is 28.7 Å². The number of amides is 1. The molecule has 4 nitrogen and oxygen atoms in total. The first-order chi connectivity index (χ1) is 10.2. The highest BCUT2D eigenvalue weighted by atomic mass is 127. The van der Waals surface area contributed by atoms with Gasteiger partial charge in [0.1, 0.15) is 0 Å². The van der Waals surface area contributed by atoms with Crippen LogP contribution in [0.3, 0.4) is 0 Å². The van der Waals surface area contributed by atoms with Gasteiger partial charge in [0.15, 0.2) is 0 Å². The third-order valence-electron chi connectivity index (χ3n) is 2.59. The van der Waals surface area contributed by atoms with Crippen molar-refractivity contribution < 1.29 is 13.2 Å². The van der Waals surface area contributed by atoms with Crippen LogP contribution >= 0.6 is 83.7 Å². The predicted molar refractivity (Wildman–Crippen MR) is 113 cm³/mol. The zero-order valence-electron chi connectivity index (χ0n) is 10.6. The summed E-state index contributed by atoms with van der Waals surface area (Å²) in [5.74, 6) is -0.635. The molecule has 0 saturated heterocycles. The molecule has 0 saturated carbocycles. The van der Waals surface area contributed by atoms with Gasteiger partial charge in [-0.05, 0) is 104 Å². The minimum absolute atomic E-state index is 0.0411. The van der Waals surface area contributed by atoms with Gasteiger partial charge in [0, 0.05) is 15.2 Å². The second kappa shape index (κ2) is 7.61. The van der Waals surface area contributed by atoms with Crippen molar-refractivity contribution in [2.24, 2.45) is 0 Å². The number of nitrogens with one attached hydrogen (secondary N) is 1. The van der Waals surface area contributed by atoms with Gasteiger partial charge in [0.2, 0.25) is 0 Å². The molecule has 9 heteroatoms. The molecule has 0 fully saturated rings. The van der Waals surface area contributed by atoms with Crippen LogP contribution in [0.2, 0.25) is 0 Å². The Morgan fingerprint density at radius 3 is 2.23 bits per heavy atom. The fourth-order valence-corrected chi connectivity index (χ4v) is 5.20. The lowest BCUT2D eigenvalue weighted by atomic mass is 10.2. The number of benzene rings is 2. The van der Waals surface area contributed by atoms with Crippen LogP contribution in [0.15, 0.2) is 45.8 Å². The van der Waals surface area contributed by atoms with E-state index >= 15 is 0 Å². The molecule has 2 rings (SSSR count). The highest BCUT2D eigenvalue weighted by Crippen LogP contribution is 2.23. The number of hydrogen-bond donors (Lipinski definition) is 1. The van der Waals surface area contributed by atoms with E-state index in [4.69, 9.17) is 0 Å². The Bertz CT molecular complexity index is 838. The average molecular weight is 718 g/mol. The molecular weight excluding hydrogens is 711 g/mol. The van der Waals surface area contributed by atoms with Crippen molar-refractivity contribution in [3.05, 3.63) is 57.1 Å². The molecule has 0 aliphatic carbocycles. The number of rotatable bonds is 3. The number of sulfonamides is 1. The SMILES string of the molecule is O=C(NS(=O)(=O)c1ccc(Br)cc1)c1cc(I)cc(I)c1I. The monoisotopic (exact) mass is 717 g/mol. The topological polar surface area (TPSA) is 63.2 Å². The summed E-state index contributed by atoms with van der Waals surface area (Å²) < 4.78 is 29.9. The van der Waals surface area contributed by atoms with Gasteiger partial charge in [-0.1, -0.05) is 15.9 Å². The standard InChI is InChI=1S/C13H7BrI3NO3S/c14-7-1-3-9(4-2-7)22(20,21)18-13(19)10-5-8(15)6-11(16)12(10)17/h1-6H,(H,18,19). The van der Waals surface area contributed by atoms with E-state index in [2.05, 4.69) is 65.8 Å². The van der Waals surface area contributed by atoms with Crippen LogP contribution in [0.1, 0.15) is 10.4 Å². The van der Waals surface area contributed by atoms with Crippen LogP contribution in [0.5, 0.6) is 0 Å². The van der Waals surface area contributed by atoms with Gasteiger partial charge in [-0.25, -0.2) is 13.1 Å². The van der Waals surface area contributed by atoms with E-state index in [-0.39, 0.29) is 4.90 Å². The highest BCUT2D eigenvalue weighted by Gasteiger charge is 2.21. The van der Waals surface area contributed by atoms with E-state index in [1.54, 1.807) is 18.2 Å². The second-order valence-corrected chi connectivity index (χ2v) is 10.2. The van der Waals surface area contributed by atoms with Crippen LogP contribution < -0.4 is 4.72 Å². The van der Waals surface area contributed by atoms with Crippen LogP contribution in [-0.2, 0) is 10.0 Å². The predicted octanol–water partition coefficient (Wildman–Crippen LogP) is 4.38. The van der Waals surface area contributed by atoms with Crippen molar-refractivity contribution in [2.45, 2.75) is 4.90 Å². The molecule has 1 N–H and O–H groups in total. The lowest BCUT2D eigenvalue weighted by Crippen LogP contribution is -2.31. The summed E-state index contributed by atoms with van der Waals surface area (Å²) in [6, 6.07) is 9.67. The maximum Gasteiger partial charge on any atom is 0.266 e. The first kappa shape index (κ1) is 18.9. The van der Waals surface area contributed by atoms with Gasteiger partial charge in [-0.3, -0.25) is 4.79 Å². The van der Waals surface area contributed by atoms with Gasteiger partial charge in [-0.15, -0.1) is 0 Å². The molecule has 2 aromatic rings. The Balaban J connectivity index is 2.34. The Morgan fingerprint density at radius 2 is 1.64 bits per heavy atom. The molecule has 0 aliphatic heterocycles. The molecule has 0 bridgehead atoms. The smallest absolute Gasteiger partial charge is 0.266 e. The van der Waals surface area contributed by atoms with Crippen molar-refractivity contribution in [3.63, 3.8) is 0 Å². The maximum atomic E-state index is 12.3. The molecule has 1 amide bonds. The average Bonchev–Trinajstić information content (AvgIpc) is 2.42. The van der Waals surface area contributed by atoms with Gasteiger partial charge < -0.3 is 0 Å². The first-order valence-corrected chi connectivity index (χ1v) is 11.2. The Morgan fingerprint density at radius 1 is 1.05 bits per heavy atom. The fourth-order valence-electron chi connectivity index (χ4n) is 1.57. The molecule has 0 heterocycles. The zero-order valence-corrected chi connectivity index (χ0v) is 19.5. The van der Waals surface area contributed by atoms with Crippen LogP contribution in [0.4, 0.5) is 0 Å². The number of carbonyl (C=O) groups is 1. The maximum absolute atomic E-state index is 12.3. The summed E-state index contributed by atoms with van der Waals surface area (Å²) in [6.45, 7) is 0. The highest BCUT2D eigenvalue weighted by molar-refractivity contribution is 14.1. The third kappa shape index (κ3) is 4.54. The molecular formula is C13H7BrI3NO3S. The minimum Gasteiger partial charge on any atom is -0.268 e. The van der Waals surface area contributed by atoms with E-state index in [0.29, 0.717) is 5.56 Å². The van der Waals surface area contributed by atoms with Crippen molar-refractivity contribution >= 4 is 99.6 Å². The fraction of sp³-hybridized carbons (Fsp3) is 0. The lowest BCUT2D eigenvalue weighted by molar-refractivity contribution is 0.0980. The molecule has 0 radical (unpaired) electrons.